The van der Waals surface area contributed by atoms with E-state index >= 15 is 0 Å². The van der Waals surface area contributed by atoms with Gasteiger partial charge in [0.25, 0.3) is 5.91 Å². The molecular formula is C23H16Cl2FN3O. The molecule has 0 saturated heterocycles. The number of nitrogens with zero attached hydrogens (tertiary/aromatic N) is 2. The summed E-state index contributed by atoms with van der Waals surface area (Å²) >= 11 is 11.8. The highest BCUT2D eigenvalue weighted by Gasteiger charge is 2.07. The van der Waals surface area contributed by atoms with Crippen LogP contribution < -0.4 is 5.43 Å². The topological polar surface area (TPSA) is 46.4 Å². The third kappa shape index (κ3) is 4.53. The minimum absolute atomic E-state index is 0.245. The molecule has 0 aliphatic carbocycles. The van der Waals surface area contributed by atoms with Gasteiger partial charge in [-0.05, 0) is 59.7 Å². The van der Waals surface area contributed by atoms with Crippen molar-refractivity contribution in [2.24, 2.45) is 5.10 Å². The molecule has 0 aliphatic rings. The zero-order valence-corrected chi connectivity index (χ0v) is 17.2. The predicted molar refractivity (Wildman–Crippen MR) is 119 cm³/mol. The maximum atomic E-state index is 13.4. The van der Waals surface area contributed by atoms with Crippen LogP contribution in [0.25, 0.3) is 10.9 Å². The van der Waals surface area contributed by atoms with E-state index in [9.17, 15) is 9.18 Å². The summed E-state index contributed by atoms with van der Waals surface area (Å²) in [4.78, 5) is 12.2. The molecule has 30 heavy (non-hydrogen) atoms. The molecule has 7 heteroatoms. The molecule has 0 spiro atoms. The van der Waals surface area contributed by atoms with Crippen molar-refractivity contribution in [3.05, 3.63) is 105 Å². The molecule has 1 heterocycles. The lowest BCUT2D eigenvalue weighted by Crippen LogP contribution is -2.17. The quantitative estimate of drug-likeness (QED) is 0.305. The molecule has 0 aliphatic heterocycles. The van der Waals surface area contributed by atoms with Crippen molar-refractivity contribution in [2.75, 3.05) is 0 Å². The number of rotatable bonds is 5. The summed E-state index contributed by atoms with van der Waals surface area (Å²) in [5, 5.41) is 5.72. The van der Waals surface area contributed by atoms with E-state index in [0.29, 0.717) is 22.2 Å². The largest absolute Gasteiger partial charge is 0.343 e. The van der Waals surface area contributed by atoms with Gasteiger partial charge in [-0.15, -0.1) is 0 Å². The molecule has 1 N–H and O–H groups in total. The Kier molecular flexibility index (Phi) is 5.84. The van der Waals surface area contributed by atoms with E-state index in [2.05, 4.69) is 15.1 Å². The van der Waals surface area contributed by atoms with E-state index < -0.39 is 0 Å². The monoisotopic (exact) mass is 439 g/mol. The van der Waals surface area contributed by atoms with Crippen molar-refractivity contribution < 1.29 is 9.18 Å². The van der Waals surface area contributed by atoms with Crippen LogP contribution in [0.15, 0.2) is 78.0 Å². The fraction of sp³-hybridized carbons (Fsp3) is 0.0435. The maximum Gasteiger partial charge on any atom is 0.271 e. The molecule has 1 amide bonds. The number of carbonyl (C=O) groups is 1. The van der Waals surface area contributed by atoms with Gasteiger partial charge in [0.05, 0.1) is 16.3 Å². The summed E-state index contributed by atoms with van der Waals surface area (Å²) in [6.45, 7) is 0.578. The number of halogens is 3. The summed E-state index contributed by atoms with van der Waals surface area (Å²) < 4.78 is 15.5. The Morgan fingerprint density at radius 3 is 2.70 bits per heavy atom. The zero-order valence-electron chi connectivity index (χ0n) is 15.6. The van der Waals surface area contributed by atoms with Crippen LogP contribution in [0.5, 0.6) is 0 Å². The number of hydrazone groups is 1. The first-order chi connectivity index (χ1) is 14.5. The average Bonchev–Trinajstić information content (AvgIpc) is 3.12. The second-order valence-electron chi connectivity index (χ2n) is 6.72. The number of aromatic nitrogens is 1. The highest BCUT2D eigenvalue weighted by molar-refractivity contribution is 6.42. The predicted octanol–water partition coefficient (Wildman–Crippen LogP) is 5.90. The molecule has 0 atom stereocenters. The fourth-order valence-electron chi connectivity index (χ4n) is 3.14. The van der Waals surface area contributed by atoms with Crippen molar-refractivity contribution in [3.8, 4) is 0 Å². The Labute approximate surface area is 182 Å². The molecule has 1 aromatic heterocycles. The highest BCUT2D eigenvalue weighted by atomic mass is 35.5. The van der Waals surface area contributed by atoms with E-state index in [1.54, 1.807) is 24.4 Å². The van der Waals surface area contributed by atoms with Crippen molar-refractivity contribution in [3.63, 3.8) is 0 Å². The van der Waals surface area contributed by atoms with Crippen molar-refractivity contribution in [2.45, 2.75) is 6.54 Å². The minimum atomic E-state index is -0.382. The van der Waals surface area contributed by atoms with Gasteiger partial charge in [0.1, 0.15) is 5.82 Å². The Morgan fingerprint density at radius 1 is 1.03 bits per heavy atom. The molecule has 0 unspecified atom stereocenters. The van der Waals surface area contributed by atoms with Crippen LogP contribution in [-0.2, 0) is 6.54 Å². The highest BCUT2D eigenvalue weighted by Crippen LogP contribution is 2.22. The van der Waals surface area contributed by atoms with Gasteiger partial charge in [-0.2, -0.15) is 5.10 Å². The Hall–Kier alpha value is -3.15. The number of hydrogen-bond acceptors (Lipinski definition) is 2. The van der Waals surface area contributed by atoms with Gasteiger partial charge in [-0.3, -0.25) is 4.79 Å². The third-order valence-electron chi connectivity index (χ3n) is 4.60. The summed E-state index contributed by atoms with van der Waals surface area (Å²) in [5.74, 6) is -0.627. The van der Waals surface area contributed by atoms with Crippen LogP contribution >= 0.6 is 23.2 Å². The molecule has 3 aromatic carbocycles. The van der Waals surface area contributed by atoms with Crippen molar-refractivity contribution in [1.29, 1.82) is 0 Å². The summed E-state index contributed by atoms with van der Waals surface area (Å²) in [5.41, 5.74) is 5.59. The van der Waals surface area contributed by atoms with Gasteiger partial charge in [0.2, 0.25) is 0 Å². The number of amides is 1. The first-order valence-electron chi connectivity index (χ1n) is 9.11. The van der Waals surface area contributed by atoms with Crippen molar-refractivity contribution >= 4 is 46.2 Å². The standard InChI is InChI=1S/C23H16Cl2FN3O/c24-20-6-5-18(12-21(20)25)23(30)28-27-13-15-4-7-22-17(10-15)8-9-29(22)14-16-2-1-3-19(26)11-16/h1-13H,14H2,(H,28,30)/b27-13+. The van der Waals surface area contributed by atoms with Crippen molar-refractivity contribution in [1.82, 2.24) is 9.99 Å². The molecule has 4 aromatic rings. The van der Waals surface area contributed by atoms with E-state index in [4.69, 9.17) is 23.2 Å². The molecule has 0 bridgehead atoms. The second-order valence-corrected chi connectivity index (χ2v) is 7.53. The minimum Gasteiger partial charge on any atom is -0.343 e. The lowest BCUT2D eigenvalue weighted by molar-refractivity contribution is 0.0955. The SMILES string of the molecule is O=C(N/N=C/c1ccc2c(ccn2Cc2cccc(F)c2)c1)c1ccc(Cl)c(Cl)c1. The molecule has 0 fully saturated rings. The van der Waals surface area contributed by atoms with Crippen LogP contribution in [0.2, 0.25) is 10.0 Å². The van der Waals surface area contributed by atoms with Gasteiger partial charge < -0.3 is 4.57 Å². The molecule has 0 radical (unpaired) electrons. The molecule has 150 valence electrons. The van der Waals surface area contributed by atoms with E-state index in [-0.39, 0.29) is 11.7 Å². The van der Waals surface area contributed by atoms with Crippen LogP contribution in [-0.4, -0.2) is 16.7 Å². The summed E-state index contributed by atoms with van der Waals surface area (Å²) in [6.07, 6.45) is 3.53. The zero-order chi connectivity index (χ0) is 21.1. The summed E-state index contributed by atoms with van der Waals surface area (Å²) in [6, 6.07) is 19.0. The summed E-state index contributed by atoms with van der Waals surface area (Å²) in [7, 11) is 0. The smallest absolute Gasteiger partial charge is 0.271 e. The van der Waals surface area contributed by atoms with Gasteiger partial charge in [-0.1, -0.05) is 41.4 Å². The number of carbonyl (C=O) groups excluding carboxylic acids is 1. The molecule has 4 rings (SSSR count). The average molecular weight is 440 g/mol. The Morgan fingerprint density at radius 2 is 1.90 bits per heavy atom. The fourth-order valence-corrected chi connectivity index (χ4v) is 3.43. The van der Waals surface area contributed by atoms with Gasteiger partial charge in [-0.25, -0.2) is 9.82 Å². The molecule has 0 saturated carbocycles. The van der Waals surface area contributed by atoms with Crippen LogP contribution in [0.1, 0.15) is 21.5 Å². The first kappa shape index (κ1) is 20.1. The second kappa shape index (κ2) is 8.69. The van der Waals surface area contributed by atoms with E-state index in [1.165, 1.54) is 18.2 Å². The van der Waals surface area contributed by atoms with Gasteiger partial charge >= 0.3 is 0 Å². The third-order valence-corrected chi connectivity index (χ3v) is 5.34. The first-order valence-corrected chi connectivity index (χ1v) is 9.87. The molecule has 4 nitrogen and oxygen atoms in total. The van der Waals surface area contributed by atoms with Crippen LogP contribution in [0, 0.1) is 5.82 Å². The Balaban J connectivity index is 1.46. The van der Waals surface area contributed by atoms with E-state index in [1.807, 2.05) is 36.5 Å². The van der Waals surface area contributed by atoms with Crippen LogP contribution in [0.4, 0.5) is 4.39 Å². The lowest BCUT2D eigenvalue weighted by atomic mass is 10.1. The number of benzene rings is 3. The van der Waals surface area contributed by atoms with Gasteiger partial charge in [0, 0.05) is 29.2 Å². The van der Waals surface area contributed by atoms with E-state index in [0.717, 1.165) is 22.0 Å². The maximum absolute atomic E-state index is 13.4. The van der Waals surface area contributed by atoms with Crippen LogP contribution in [0.3, 0.4) is 0 Å². The Bertz CT molecular complexity index is 1270. The molecular weight excluding hydrogens is 424 g/mol. The van der Waals surface area contributed by atoms with Gasteiger partial charge in [0.15, 0.2) is 0 Å². The number of nitrogens with one attached hydrogen (secondary N) is 1. The normalized spacial score (nSPS) is 11.3. The lowest BCUT2D eigenvalue weighted by Gasteiger charge is -2.06. The number of hydrogen-bond donors (Lipinski definition) is 1. The number of fused-ring (bicyclic) bond motifs is 1.